The molecular formula is C33H53N2O3+. The summed E-state index contributed by atoms with van der Waals surface area (Å²) < 4.78 is 14.0. The lowest BCUT2D eigenvalue weighted by Gasteiger charge is -2.23. The number of hydrogen-bond donors (Lipinski definition) is 0. The van der Waals surface area contributed by atoms with E-state index in [1.54, 1.807) is 14.0 Å². The standard InChI is InChI=1S/C33H53N2O3/c1-5-7-8-9-10-11-12-13-14-15-16-17-26-38-33-31(19-18-20-32(33)37-4)28-35(29(3)36)27-30-21-24-34(23-6-2)25-22-30/h18-22,24-25H,5-17,23,26-28H2,1-4H3/q+1. The molecule has 0 fully saturated rings. The van der Waals surface area contributed by atoms with Crippen molar-refractivity contribution >= 4 is 5.91 Å². The van der Waals surface area contributed by atoms with Gasteiger partial charge < -0.3 is 14.4 Å². The molecule has 0 spiro atoms. The molecule has 0 bridgehead atoms. The SMILES string of the molecule is CCCCCCCCCCCCCCOc1c(CN(Cc2cc[n+](CCC)cc2)C(C)=O)cccc1OC. The van der Waals surface area contributed by atoms with Gasteiger partial charge in [0, 0.05) is 44.1 Å². The minimum atomic E-state index is 0.0463. The third-order valence-corrected chi connectivity index (χ3v) is 7.15. The van der Waals surface area contributed by atoms with Gasteiger partial charge in [0.05, 0.1) is 13.7 Å². The maximum atomic E-state index is 12.5. The molecule has 0 atom stereocenters. The summed E-state index contributed by atoms with van der Waals surface area (Å²) >= 11 is 0. The van der Waals surface area contributed by atoms with Crippen molar-refractivity contribution in [2.45, 2.75) is 124 Å². The molecule has 5 heteroatoms. The number of benzene rings is 1. The van der Waals surface area contributed by atoms with Crippen molar-refractivity contribution < 1.29 is 18.8 Å². The molecule has 1 aromatic carbocycles. The summed E-state index contributed by atoms with van der Waals surface area (Å²) in [7, 11) is 1.67. The van der Waals surface area contributed by atoms with Gasteiger partial charge in [-0.05, 0) is 18.1 Å². The topological polar surface area (TPSA) is 42.7 Å². The van der Waals surface area contributed by atoms with E-state index in [0.29, 0.717) is 19.7 Å². The summed E-state index contributed by atoms with van der Waals surface area (Å²) in [4.78, 5) is 14.4. The number of nitrogens with zero attached hydrogens (tertiary/aromatic N) is 2. The zero-order valence-corrected chi connectivity index (χ0v) is 24.7. The molecule has 0 aliphatic rings. The third kappa shape index (κ3) is 12.3. The number of hydrogen-bond acceptors (Lipinski definition) is 3. The first-order chi connectivity index (χ1) is 18.6. The Bertz CT molecular complexity index is 898. The number of rotatable bonds is 21. The molecule has 0 radical (unpaired) electrons. The predicted molar refractivity (Wildman–Crippen MR) is 156 cm³/mol. The van der Waals surface area contributed by atoms with Crippen molar-refractivity contribution in [1.29, 1.82) is 0 Å². The zero-order chi connectivity index (χ0) is 27.4. The first-order valence-electron chi connectivity index (χ1n) is 15.1. The van der Waals surface area contributed by atoms with Crippen molar-refractivity contribution in [3.05, 3.63) is 53.9 Å². The maximum Gasteiger partial charge on any atom is 0.220 e. The van der Waals surface area contributed by atoms with E-state index in [0.717, 1.165) is 42.0 Å². The van der Waals surface area contributed by atoms with Gasteiger partial charge in [0.2, 0.25) is 5.91 Å². The van der Waals surface area contributed by atoms with Gasteiger partial charge in [-0.1, -0.05) is 96.6 Å². The second-order valence-electron chi connectivity index (χ2n) is 10.5. The summed E-state index contributed by atoms with van der Waals surface area (Å²) in [5, 5.41) is 0. The fourth-order valence-corrected chi connectivity index (χ4v) is 4.83. The molecule has 2 rings (SSSR count). The van der Waals surface area contributed by atoms with Gasteiger partial charge in [0.1, 0.15) is 6.54 Å². The lowest BCUT2D eigenvalue weighted by molar-refractivity contribution is -0.697. The molecule has 1 amide bonds. The molecule has 1 aromatic heterocycles. The summed E-state index contributed by atoms with van der Waals surface area (Å²) in [6, 6.07) is 10.1. The maximum absolute atomic E-state index is 12.5. The van der Waals surface area contributed by atoms with Gasteiger partial charge >= 0.3 is 0 Å². The van der Waals surface area contributed by atoms with E-state index in [4.69, 9.17) is 9.47 Å². The van der Waals surface area contributed by atoms with Crippen LogP contribution in [0.2, 0.25) is 0 Å². The smallest absolute Gasteiger partial charge is 0.220 e. The number of unbranched alkanes of at least 4 members (excludes halogenated alkanes) is 11. The normalized spacial score (nSPS) is 10.9. The Hall–Kier alpha value is -2.56. The van der Waals surface area contributed by atoms with E-state index in [2.05, 4.69) is 42.9 Å². The Labute approximate surface area is 232 Å². The van der Waals surface area contributed by atoms with Crippen LogP contribution < -0.4 is 14.0 Å². The van der Waals surface area contributed by atoms with E-state index >= 15 is 0 Å². The number of para-hydroxylation sites is 1. The Kier molecular flexibility index (Phi) is 16.2. The molecule has 1 heterocycles. The minimum absolute atomic E-state index is 0.0463. The van der Waals surface area contributed by atoms with Gasteiger partial charge in [-0.15, -0.1) is 0 Å². The fraction of sp³-hybridized carbons (Fsp3) is 0.636. The second-order valence-corrected chi connectivity index (χ2v) is 10.5. The summed E-state index contributed by atoms with van der Waals surface area (Å²) in [6.45, 7) is 8.80. The molecule has 0 N–H and O–H groups in total. The first-order valence-corrected chi connectivity index (χ1v) is 15.1. The van der Waals surface area contributed by atoms with Crippen LogP contribution in [0.4, 0.5) is 0 Å². The fourth-order valence-electron chi connectivity index (χ4n) is 4.83. The summed E-state index contributed by atoms with van der Waals surface area (Å²) in [6.07, 6.45) is 21.1. The van der Waals surface area contributed by atoms with Crippen LogP contribution in [0.25, 0.3) is 0 Å². The predicted octanol–water partition coefficient (Wildman–Crippen LogP) is 8.02. The minimum Gasteiger partial charge on any atom is -0.493 e. The summed E-state index contributed by atoms with van der Waals surface area (Å²) in [5.41, 5.74) is 2.10. The Balaban J connectivity index is 1.80. The highest BCUT2D eigenvalue weighted by molar-refractivity contribution is 5.73. The molecule has 0 saturated heterocycles. The van der Waals surface area contributed by atoms with E-state index in [1.807, 2.05) is 23.1 Å². The van der Waals surface area contributed by atoms with E-state index in [9.17, 15) is 4.79 Å². The Morgan fingerprint density at radius 3 is 1.95 bits per heavy atom. The van der Waals surface area contributed by atoms with Crippen molar-refractivity contribution in [3.63, 3.8) is 0 Å². The van der Waals surface area contributed by atoms with Gasteiger partial charge in [-0.25, -0.2) is 4.57 Å². The number of aromatic nitrogens is 1. The molecule has 0 unspecified atom stereocenters. The van der Waals surface area contributed by atoms with Gasteiger partial charge in [-0.2, -0.15) is 0 Å². The average molecular weight is 526 g/mol. The molecular weight excluding hydrogens is 472 g/mol. The van der Waals surface area contributed by atoms with E-state index in [1.165, 1.54) is 70.6 Å². The highest BCUT2D eigenvalue weighted by Gasteiger charge is 2.17. The molecule has 2 aromatic rings. The Morgan fingerprint density at radius 1 is 0.789 bits per heavy atom. The van der Waals surface area contributed by atoms with Crippen molar-refractivity contribution in [1.82, 2.24) is 4.90 Å². The number of aryl methyl sites for hydroxylation is 1. The van der Waals surface area contributed by atoms with Gasteiger partial charge in [0.15, 0.2) is 23.9 Å². The third-order valence-electron chi connectivity index (χ3n) is 7.15. The highest BCUT2D eigenvalue weighted by Crippen LogP contribution is 2.32. The Morgan fingerprint density at radius 2 is 1.39 bits per heavy atom. The van der Waals surface area contributed by atoms with Crippen molar-refractivity contribution in [2.75, 3.05) is 13.7 Å². The second kappa shape index (κ2) is 19.5. The molecule has 212 valence electrons. The number of ether oxygens (including phenoxy) is 2. The van der Waals surface area contributed by atoms with Crippen LogP contribution in [-0.4, -0.2) is 24.5 Å². The molecule has 0 aliphatic heterocycles. The quantitative estimate of drug-likeness (QED) is 0.122. The molecule has 5 nitrogen and oxygen atoms in total. The average Bonchev–Trinajstić information content (AvgIpc) is 2.92. The largest absolute Gasteiger partial charge is 0.493 e. The van der Waals surface area contributed by atoms with Gasteiger partial charge in [-0.3, -0.25) is 4.79 Å². The summed E-state index contributed by atoms with van der Waals surface area (Å²) in [5.74, 6) is 1.54. The first kappa shape index (κ1) is 31.7. The van der Waals surface area contributed by atoms with Crippen LogP contribution in [0.15, 0.2) is 42.7 Å². The van der Waals surface area contributed by atoms with E-state index in [-0.39, 0.29) is 5.91 Å². The van der Waals surface area contributed by atoms with Crippen molar-refractivity contribution in [2.24, 2.45) is 0 Å². The van der Waals surface area contributed by atoms with Crippen LogP contribution in [0.3, 0.4) is 0 Å². The molecule has 38 heavy (non-hydrogen) atoms. The number of amides is 1. The number of carbonyl (C=O) groups excluding carboxylic acids is 1. The van der Waals surface area contributed by atoms with Crippen molar-refractivity contribution in [3.8, 4) is 11.5 Å². The lowest BCUT2D eigenvalue weighted by Crippen LogP contribution is -2.33. The molecule has 0 saturated carbocycles. The van der Waals surface area contributed by atoms with Crippen LogP contribution >= 0.6 is 0 Å². The monoisotopic (exact) mass is 525 g/mol. The number of pyridine rings is 1. The van der Waals surface area contributed by atoms with Crippen LogP contribution in [0.5, 0.6) is 11.5 Å². The molecule has 0 aliphatic carbocycles. The number of carbonyl (C=O) groups is 1. The number of methoxy groups -OCH3 is 1. The lowest BCUT2D eigenvalue weighted by atomic mass is 10.1. The van der Waals surface area contributed by atoms with Crippen LogP contribution in [0, 0.1) is 0 Å². The van der Waals surface area contributed by atoms with Crippen LogP contribution in [0.1, 0.15) is 115 Å². The zero-order valence-electron chi connectivity index (χ0n) is 24.7. The van der Waals surface area contributed by atoms with E-state index < -0.39 is 0 Å². The van der Waals surface area contributed by atoms with Crippen LogP contribution in [-0.2, 0) is 24.4 Å². The highest BCUT2D eigenvalue weighted by atomic mass is 16.5. The van der Waals surface area contributed by atoms with Gasteiger partial charge in [0.25, 0.3) is 0 Å².